The fourth-order valence-corrected chi connectivity index (χ4v) is 2.27. The summed E-state index contributed by atoms with van der Waals surface area (Å²) in [6.07, 6.45) is 5.66. The standard InChI is InChI=1S/C15H12N6/c16-15-18-14-8-11(6-7-20(14)19-15)12-9-17-21(10-12)13-4-2-1-3-5-13/h1-10H,(H2,16,19). The zero-order valence-electron chi connectivity index (χ0n) is 11.1. The maximum absolute atomic E-state index is 5.60. The van der Waals surface area contributed by atoms with Crippen LogP contribution in [-0.2, 0) is 0 Å². The van der Waals surface area contributed by atoms with Crippen molar-refractivity contribution >= 4 is 11.6 Å². The van der Waals surface area contributed by atoms with E-state index in [1.165, 1.54) is 0 Å². The fourth-order valence-electron chi connectivity index (χ4n) is 2.27. The quantitative estimate of drug-likeness (QED) is 0.609. The Kier molecular flexibility index (Phi) is 2.47. The molecule has 0 amide bonds. The summed E-state index contributed by atoms with van der Waals surface area (Å²) in [6.45, 7) is 0. The number of hydrogen-bond donors (Lipinski definition) is 1. The molecule has 3 aromatic heterocycles. The van der Waals surface area contributed by atoms with Crippen LogP contribution in [0.3, 0.4) is 0 Å². The van der Waals surface area contributed by atoms with Crippen molar-refractivity contribution < 1.29 is 0 Å². The van der Waals surface area contributed by atoms with Gasteiger partial charge in [-0.25, -0.2) is 9.20 Å². The lowest BCUT2D eigenvalue weighted by Gasteiger charge is -2.00. The van der Waals surface area contributed by atoms with Gasteiger partial charge in [-0.15, -0.1) is 5.10 Å². The molecule has 0 saturated carbocycles. The van der Waals surface area contributed by atoms with E-state index >= 15 is 0 Å². The Balaban J connectivity index is 1.77. The van der Waals surface area contributed by atoms with Crippen LogP contribution >= 0.6 is 0 Å². The zero-order valence-corrected chi connectivity index (χ0v) is 11.1. The van der Waals surface area contributed by atoms with Crippen LogP contribution < -0.4 is 5.73 Å². The van der Waals surface area contributed by atoms with Crippen molar-refractivity contribution in [2.24, 2.45) is 0 Å². The number of pyridine rings is 1. The highest BCUT2D eigenvalue weighted by Gasteiger charge is 2.06. The van der Waals surface area contributed by atoms with Crippen molar-refractivity contribution in [1.29, 1.82) is 0 Å². The lowest BCUT2D eigenvalue weighted by Crippen LogP contribution is -1.92. The minimum Gasteiger partial charge on any atom is -0.366 e. The summed E-state index contributed by atoms with van der Waals surface area (Å²) in [5.74, 6) is 0.270. The van der Waals surface area contributed by atoms with Crippen LogP contribution in [0.4, 0.5) is 5.95 Å². The highest BCUT2D eigenvalue weighted by atomic mass is 15.3. The van der Waals surface area contributed by atoms with Gasteiger partial charge < -0.3 is 5.73 Å². The van der Waals surface area contributed by atoms with Gasteiger partial charge in [0.2, 0.25) is 5.95 Å². The molecule has 2 N–H and O–H groups in total. The van der Waals surface area contributed by atoms with E-state index in [4.69, 9.17) is 5.73 Å². The summed E-state index contributed by atoms with van der Waals surface area (Å²) < 4.78 is 3.50. The Labute approximate surface area is 120 Å². The normalized spacial score (nSPS) is 11.0. The number of anilines is 1. The Bertz CT molecular complexity index is 906. The molecule has 0 aliphatic carbocycles. The minimum absolute atomic E-state index is 0.270. The van der Waals surface area contributed by atoms with E-state index in [2.05, 4.69) is 15.2 Å². The Hall–Kier alpha value is -3.15. The lowest BCUT2D eigenvalue weighted by molar-refractivity contribution is 0.881. The first-order valence-corrected chi connectivity index (χ1v) is 6.52. The molecule has 0 fully saturated rings. The third-order valence-corrected chi connectivity index (χ3v) is 3.29. The van der Waals surface area contributed by atoms with Crippen LogP contribution in [0, 0.1) is 0 Å². The molecule has 1 aromatic carbocycles. The smallest absolute Gasteiger partial charge is 0.240 e. The first kappa shape index (κ1) is 11.7. The third-order valence-electron chi connectivity index (χ3n) is 3.29. The number of para-hydroxylation sites is 1. The number of nitrogen functional groups attached to an aromatic ring is 1. The molecule has 3 heterocycles. The van der Waals surface area contributed by atoms with Gasteiger partial charge in [-0.3, -0.25) is 0 Å². The first-order valence-electron chi connectivity index (χ1n) is 6.52. The molecule has 4 aromatic rings. The lowest BCUT2D eigenvalue weighted by atomic mass is 10.1. The van der Waals surface area contributed by atoms with E-state index in [0.717, 1.165) is 22.5 Å². The molecule has 0 radical (unpaired) electrons. The molecule has 21 heavy (non-hydrogen) atoms. The number of benzene rings is 1. The van der Waals surface area contributed by atoms with Crippen molar-refractivity contribution in [2.75, 3.05) is 5.73 Å². The topological polar surface area (TPSA) is 74.0 Å². The van der Waals surface area contributed by atoms with Gasteiger partial charge in [-0.05, 0) is 29.8 Å². The average molecular weight is 276 g/mol. The third kappa shape index (κ3) is 2.02. The summed E-state index contributed by atoms with van der Waals surface area (Å²) in [7, 11) is 0. The van der Waals surface area contributed by atoms with Gasteiger partial charge in [0.25, 0.3) is 0 Å². The molecule has 0 spiro atoms. The highest BCUT2D eigenvalue weighted by molar-refractivity contribution is 5.66. The van der Waals surface area contributed by atoms with E-state index in [0.29, 0.717) is 0 Å². The minimum atomic E-state index is 0.270. The molecule has 102 valence electrons. The van der Waals surface area contributed by atoms with Crippen molar-refractivity contribution in [2.45, 2.75) is 0 Å². The van der Waals surface area contributed by atoms with Crippen LogP contribution in [0.1, 0.15) is 0 Å². The Morgan fingerprint density at radius 3 is 2.71 bits per heavy atom. The first-order chi connectivity index (χ1) is 10.3. The van der Waals surface area contributed by atoms with E-state index in [9.17, 15) is 0 Å². The molecule has 4 rings (SSSR count). The molecule has 6 heteroatoms. The van der Waals surface area contributed by atoms with Gasteiger partial charge >= 0.3 is 0 Å². The SMILES string of the molecule is Nc1nc2cc(-c3cnn(-c4ccccc4)c3)ccn2n1. The summed E-state index contributed by atoms with van der Waals surface area (Å²) in [6, 6.07) is 13.9. The summed E-state index contributed by atoms with van der Waals surface area (Å²) in [5, 5.41) is 8.46. The van der Waals surface area contributed by atoms with E-state index < -0.39 is 0 Å². The number of nitrogens with two attached hydrogens (primary N) is 1. The van der Waals surface area contributed by atoms with E-state index in [-0.39, 0.29) is 5.95 Å². The summed E-state index contributed by atoms with van der Waals surface area (Å²) >= 11 is 0. The number of hydrogen-bond acceptors (Lipinski definition) is 4. The molecular weight excluding hydrogens is 264 g/mol. The second-order valence-electron chi connectivity index (χ2n) is 4.70. The molecule has 0 atom stereocenters. The van der Waals surface area contributed by atoms with Crippen molar-refractivity contribution in [3.63, 3.8) is 0 Å². The van der Waals surface area contributed by atoms with Crippen LogP contribution in [-0.4, -0.2) is 24.4 Å². The second kappa shape index (κ2) is 4.45. The highest BCUT2D eigenvalue weighted by Crippen LogP contribution is 2.21. The van der Waals surface area contributed by atoms with Crippen LogP contribution in [0.2, 0.25) is 0 Å². The summed E-state index contributed by atoms with van der Waals surface area (Å²) in [5.41, 5.74) is 9.39. The molecule has 6 nitrogen and oxygen atoms in total. The second-order valence-corrected chi connectivity index (χ2v) is 4.70. The van der Waals surface area contributed by atoms with Gasteiger partial charge in [-0.1, -0.05) is 18.2 Å². The monoisotopic (exact) mass is 276 g/mol. The maximum atomic E-state index is 5.60. The molecule has 0 unspecified atom stereocenters. The largest absolute Gasteiger partial charge is 0.366 e. The molecule has 0 aliphatic rings. The van der Waals surface area contributed by atoms with Gasteiger partial charge in [0.05, 0.1) is 11.9 Å². The van der Waals surface area contributed by atoms with Crippen molar-refractivity contribution in [3.8, 4) is 16.8 Å². The number of aromatic nitrogens is 5. The van der Waals surface area contributed by atoms with Gasteiger partial charge in [0.1, 0.15) is 0 Å². The Morgan fingerprint density at radius 1 is 1.00 bits per heavy atom. The van der Waals surface area contributed by atoms with Crippen LogP contribution in [0.5, 0.6) is 0 Å². The predicted octanol–water partition coefficient (Wildman–Crippen LogP) is 2.16. The van der Waals surface area contributed by atoms with Crippen molar-refractivity contribution in [3.05, 3.63) is 61.1 Å². The number of nitrogens with zero attached hydrogens (tertiary/aromatic N) is 5. The molecule has 0 aliphatic heterocycles. The average Bonchev–Trinajstić information content (AvgIpc) is 3.12. The number of fused-ring (bicyclic) bond motifs is 1. The molecular formula is C15H12N6. The maximum Gasteiger partial charge on any atom is 0.240 e. The van der Waals surface area contributed by atoms with Gasteiger partial charge in [0.15, 0.2) is 5.65 Å². The molecule has 0 saturated heterocycles. The van der Waals surface area contributed by atoms with Crippen LogP contribution in [0.25, 0.3) is 22.5 Å². The fraction of sp³-hybridized carbons (Fsp3) is 0. The summed E-state index contributed by atoms with van der Waals surface area (Å²) in [4.78, 5) is 4.17. The van der Waals surface area contributed by atoms with Gasteiger partial charge in [-0.2, -0.15) is 10.1 Å². The van der Waals surface area contributed by atoms with Gasteiger partial charge in [0, 0.05) is 18.0 Å². The van der Waals surface area contributed by atoms with Crippen molar-refractivity contribution in [1.82, 2.24) is 24.4 Å². The Morgan fingerprint density at radius 2 is 1.86 bits per heavy atom. The van der Waals surface area contributed by atoms with E-state index in [1.807, 2.05) is 65.7 Å². The van der Waals surface area contributed by atoms with Crippen LogP contribution in [0.15, 0.2) is 61.1 Å². The van der Waals surface area contributed by atoms with E-state index in [1.54, 1.807) is 4.52 Å². The molecule has 0 bridgehead atoms. The zero-order chi connectivity index (χ0) is 14.2. The number of rotatable bonds is 2. The predicted molar refractivity (Wildman–Crippen MR) is 80.0 cm³/mol.